The molecule has 0 saturated heterocycles. The highest BCUT2D eigenvalue weighted by molar-refractivity contribution is 7.89. The van der Waals surface area contributed by atoms with Gasteiger partial charge in [0.05, 0.1) is 12.2 Å². The van der Waals surface area contributed by atoms with E-state index in [1.165, 1.54) is 6.07 Å². The number of hydrogen-bond donors (Lipinski definition) is 2. The van der Waals surface area contributed by atoms with Crippen LogP contribution in [-0.4, -0.2) is 24.8 Å². The number of benzene rings is 1. The smallest absolute Gasteiger partial charge is 0.251 e. The Labute approximate surface area is 152 Å². The number of nitrogens with one attached hydrogen (secondary N) is 2. The van der Waals surface area contributed by atoms with E-state index in [0.717, 1.165) is 17.8 Å². The van der Waals surface area contributed by atoms with E-state index in [0.29, 0.717) is 5.69 Å². The Kier molecular flexibility index (Phi) is 5.77. The Hall–Kier alpha value is -2.32. The monoisotopic (exact) mass is 379 g/mol. The Morgan fingerprint density at radius 1 is 1.19 bits per heavy atom. The maximum Gasteiger partial charge on any atom is 0.251 e. The van der Waals surface area contributed by atoms with Crippen molar-refractivity contribution < 1.29 is 17.6 Å². The maximum absolute atomic E-state index is 14.0. The molecule has 1 aromatic carbocycles. The minimum Gasteiger partial charge on any atom is -0.346 e. The van der Waals surface area contributed by atoms with Crippen LogP contribution in [0.2, 0.25) is 0 Å². The molecule has 0 fully saturated rings. The Balaban J connectivity index is 2.21. The van der Waals surface area contributed by atoms with Crippen molar-refractivity contribution in [2.45, 2.75) is 44.7 Å². The number of carbonyl (C=O) groups is 1. The number of sulfonamides is 1. The van der Waals surface area contributed by atoms with Gasteiger partial charge in [-0.05, 0) is 58.0 Å². The van der Waals surface area contributed by atoms with Gasteiger partial charge in [0.25, 0.3) is 5.91 Å². The standard InChI is InChI=1S/C18H22FN3O3S/c1-12-6-5-7-14(21-12)11-20-17(23)13-8-9-15(19)16(10-13)26(24,25)22-18(2,3)4/h5-10,22H,11H2,1-4H3,(H,20,23). The average molecular weight is 379 g/mol. The highest BCUT2D eigenvalue weighted by atomic mass is 32.2. The van der Waals surface area contributed by atoms with Crippen LogP contribution in [0.3, 0.4) is 0 Å². The first-order valence-corrected chi connectivity index (χ1v) is 9.50. The summed E-state index contributed by atoms with van der Waals surface area (Å²) in [5.74, 6) is -1.43. The number of pyridine rings is 1. The number of halogens is 1. The van der Waals surface area contributed by atoms with Gasteiger partial charge >= 0.3 is 0 Å². The summed E-state index contributed by atoms with van der Waals surface area (Å²) in [6.07, 6.45) is 0. The molecule has 2 aromatic rings. The summed E-state index contributed by atoms with van der Waals surface area (Å²) < 4.78 is 41.1. The van der Waals surface area contributed by atoms with Gasteiger partial charge in [-0.3, -0.25) is 9.78 Å². The van der Waals surface area contributed by atoms with Gasteiger partial charge < -0.3 is 5.32 Å². The fraction of sp³-hybridized carbons (Fsp3) is 0.333. The number of rotatable bonds is 5. The minimum atomic E-state index is -4.09. The van der Waals surface area contributed by atoms with E-state index in [1.54, 1.807) is 26.8 Å². The summed E-state index contributed by atoms with van der Waals surface area (Å²) in [5.41, 5.74) is 0.761. The summed E-state index contributed by atoms with van der Waals surface area (Å²) >= 11 is 0. The first kappa shape index (κ1) is 20.0. The summed E-state index contributed by atoms with van der Waals surface area (Å²) in [4.78, 5) is 16.0. The number of aromatic nitrogens is 1. The molecular formula is C18H22FN3O3S. The van der Waals surface area contributed by atoms with Crippen LogP contribution in [0.5, 0.6) is 0 Å². The normalized spacial score (nSPS) is 12.0. The fourth-order valence-corrected chi connectivity index (χ4v) is 3.80. The predicted molar refractivity (Wildman–Crippen MR) is 96.6 cm³/mol. The molecule has 0 aliphatic heterocycles. The average Bonchev–Trinajstić information content (AvgIpc) is 2.50. The molecule has 1 amide bonds. The van der Waals surface area contributed by atoms with Gasteiger partial charge in [-0.2, -0.15) is 0 Å². The van der Waals surface area contributed by atoms with Crippen molar-refractivity contribution in [3.63, 3.8) is 0 Å². The molecule has 26 heavy (non-hydrogen) atoms. The molecule has 1 aromatic heterocycles. The zero-order valence-corrected chi connectivity index (χ0v) is 15.9. The molecule has 0 aliphatic carbocycles. The van der Waals surface area contributed by atoms with Crippen molar-refractivity contribution in [2.75, 3.05) is 0 Å². The van der Waals surface area contributed by atoms with Crippen molar-refractivity contribution in [1.29, 1.82) is 0 Å². The second-order valence-electron chi connectivity index (χ2n) is 6.95. The van der Waals surface area contributed by atoms with Gasteiger partial charge in [-0.25, -0.2) is 17.5 Å². The summed E-state index contributed by atoms with van der Waals surface area (Å²) in [5, 5.41) is 2.65. The largest absolute Gasteiger partial charge is 0.346 e. The van der Waals surface area contributed by atoms with Gasteiger partial charge in [0.1, 0.15) is 10.7 Å². The zero-order valence-electron chi connectivity index (χ0n) is 15.1. The van der Waals surface area contributed by atoms with Crippen molar-refractivity contribution in [2.24, 2.45) is 0 Å². The van der Waals surface area contributed by atoms with Crippen LogP contribution in [-0.2, 0) is 16.6 Å². The third kappa shape index (κ3) is 5.34. The molecule has 140 valence electrons. The molecule has 8 heteroatoms. The maximum atomic E-state index is 14.0. The lowest BCUT2D eigenvalue weighted by Crippen LogP contribution is -2.40. The minimum absolute atomic E-state index is 0.0494. The zero-order chi connectivity index (χ0) is 19.5. The van der Waals surface area contributed by atoms with Crippen LogP contribution >= 0.6 is 0 Å². The van der Waals surface area contributed by atoms with E-state index in [1.807, 2.05) is 19.1 Å². The SMILES string of the molecule is Cc1cccc(CNC(=O)c2ccc(F)c(S(=O)(=O)NC(C)(C)C)c2)n1. The van der Waals surface area contributed by atoms with Gasteiger partial charge in [-0.1, -0.05) is 6.07 Å². The Bertz CT molecular complexity index is 922. The van der Waals surface area contributed by atoms with Crippen LogP contribution in [0.4, 0.5) is 4.39 Å². The van der Waals surface area contributed by atoms with E-state index >= 15 is 0 Å². The third-order valence-corrected chi connectivity index (χ3v) is 5.07. The number of amides is 1. The first-order valence-electron chi connectivity index (χ1n) is 8.02. The summed E-state index contributed by atoms with van der Waals surface area (Å²) in [7, 11) is -4.09. The second kappa shape index (κ2) is 7.51. The molecule has 0 atom stereocenters. The van der Waals surface area contributed by atoms with E-state index in [9.17, 15) is 17.6 Å². The van der Waals surface area contributed by atoms with Crippen molar-refractivity contribution in [3.8, 4) is 0 Å². The lowest BCUT2D eigenvalue weighted by atomic mass is 10.1. The molecule has 0 saturated carbocycles. The first-order chi connectivity index (χ1) is 12.0. The van der Waals surface area contributed by atoms with Crippen LogP contribution in [0.1, 0.15) is 42.5 Å². The number of aryl methyl sites for hydroxylation is 1. The number of carbonyl (C=O) groups excluding carboxylic acids is 1. The van der Waals surface area contributed by atoms with Crippen LogP contribution in [0.25, 0.3) is 0 Å². The van der Waals surface area contributed by atoms with Crippen molar-refractivity contribution in [3.05, 3.63) is 59.2 Å². The van der Waals surface area contributed by atoms with E-state index in [4.69, 9.17) is 0 Å². The molecule has 2 N–H and O–H groups in total. The van der Waals surface area contributed by atoms with Gasteiger partial charge in [0, 0.05) is 16.8 Å². The van der Waals surface area contributed by atoms with Gasteiger partial charge in [0.2, 0.25) is 10.0 Å². The van der Waals surface area contributed by atoms with E-state index in [-0.39, 0.29) is 12.1 Å². The second-order valence-corrected chi connectivity index (χ2v) is 8.60. The number of hydrogen-bond acceptors (Lipinski definition) is 4. The highest BCUT2D eigenvalue weighted by Gasteiger charge is 2.26. The van der Waals surface area contributed by atoms with Gasteiger partial charge in [0.15, 0.2) is 0 Å². The van der Waals surface area contributed by atoms with Crippen LogP contribution in [0.15, 0.2) is 41.3 Å². The topological polar surface area (TPSA) is 88.2 Å². The molecular weight excluding hydrogens is 357 g/mol. The molecule has 2 rings (SSSR count). The van der Waals surface area contributed by atoms with E-state index in [2.05, 4.69) is 15.0 Å². The summed E-state index contributed by atoms with van der Waals surface area (Å²) in [6.45, 7) is 6.96. The van der Waals surface area contributed by atoms with Crippen LogP contribution < -0.4 is 10.0 Å². The number of nitrogens with zero attached hydrogens (tertiary/aromatic N) is 1. The quantitative estimate of drug-likeness (QED) is 0.836. The summed E-state index contributed by atoms with van der Waals surface area (Å²) in [6, 6.07) is 8.67. The molecule has 0 spiro atoms. The Morgan fingerprint density at radius 3 is 2.50 bits per heavy atom. The third-order valence-electron chi connectivity index (χ3n) is 3.30. The lowest BCUT2D eigenvalue weighted by Gasteiger charge is -2.20. The van der Waals surface area contributed by atoms with Crippen molar-refractivity contribution in [1.82, 2.24) is 15.0 Å². The lowest BCUT2D eigenvalue weighted by molar-refractivity contribution is 0.0950. The molecule has 0 bridgehead atoms. The molecule has 0 aliphatic rings. The van der Waals surface area contributed by atoms with Crippen molar-refractivity contribution >= 4 is 15.9 Å². The van der Waals surface area contributed by atoms with Gasteiger partial charge in [-0.15, -0.1) is 0 Å². The molecule has 1 heterocycles. The van der Waals surface area contributed by atoms with E-state index < -0.39 is 32.2 Å². The molecule has 0 radical (unpaired) electrons. The fourth-order valence-electron chi connectivity index (χ4n) is 2.28. The Morgan fingerprint density at radius 2 is 1.88 bits per heavy atom. The highest BCUT2D eigenvalue weighted by Crippen LogP contribution is 2.18. The van der Waals surface area contributed by atoms with Crippen LogP contribution in [0, 0.1) is 12.7 Å². The molecule has 0 unspecified atom stereocenters. The molecule has 6 nitrogen and oxygen atoms in total. The predicted octanol–water partition coefficient (Wildman–Crippen LogP) is 2.54.